The molecule has 0 radical (unpaired) electrons. The van der Waals surface area contributed by atoms with Gasteiger partial charge in [-0.05, 0) is 43.0 Å². The third-order valence-electron chi connectivity index (χ3n) is 3.71. The predicted molar refractivity (Wildman–Crippen MR) is 83.9 cm³/mol. The monoisotopic (exact) mass is 329 g/mol. The molecule has 1 rings (SSSR count). The van der Waals surface area contributed by atoms with E-state index in [0.29, 0.717) is 11.3 Å². The van der Waals surface area contributed by atoms with Gasteiger partial charge in [0.2, 0.25) is 10.0 Å². The Morgan fingerprint density at radius 3 is 2.23 bits per heavy atom. The lowest BCUT2D eigenvalue weighted by atomic mass is 10.0. The fourth-order valence-corrected chi connectivity index (χ4v) is 3.66. The summed E-state index contributed by atoms with van der Waals surface area (Å²) in [5.74, 6) is -0.492. The van der Waals surface area contributed by atoms with E-state index in [1.807, 2.05) is 13.8 Å². The normalized spacial score (nSPS) is 13.5. The van der Waals surface area contributed by atoms with Crippen molar-refractivity contribution in [1.82, 2.24) is 4.31 Å². The number of rotatable bonds is 6. The average Bonchev–Trinajstić information content (AvgIpc) is 2.44. The molecule has 7 heteroatoms. The van der Waals surface area contributed by atoms with Gasteiger partial charge in [0, 0.05) is 7.05 Å². The molecule has 1 aromatic rings. The van der Waals surface area contributed by atoms with Gasteiger partial charge in [0.15, 0.2) is 0 Å². The van der Waals surface area contributed by atoms with Crippen LogP contribution in [0, 0.1) is 6.92 Å². The summed E-state index contributed by atoms with van der Waals surface area (Å²) in [5, 5.41) is 9.03. The number of likely N-dealkylation sites (N-methyl/N-ethyl adjacent to an activating group) is 1. The zero-order chi connectivity index (χ0) is 17.2. The first-order valence-corrected chi connectivity index (χ1v) is 8.37. The summed E-state index contributed by atoms with van der Waals surface area (Å²) in [7, 11) is -1.09. The summed E-state index contributed by atoms with van der Waals surface area (Å²) < 4.78 is 31.6. The SMILES string of the molecule is COc1cc(C)c(S(=O)(=O)N(C)C(C)C(=O)O)cc1C(C)C. The van der Waals surface area contributed by atoms with Gasteiger partial charge in [-0.25, -0.2) is 8.42 Å². The van der Waals surface area contributed by atoms with Gasteiger partial charge >= 0.3 is 5.97 Å². The highest BCUT2D eigenvalue weighted by Gasteiger charge is 2.31. The lowest BCUT2D eigenvalue weighted by Crippen LogP contribution is -2.40. The lowest BCUT2D eigenvalue weighted by Gasteiger charge is -2.23. The Hall–Kier alpha value is -1.60. The summed E-state index contributed by atoms with van der Waals surface area (Å²) in [6.07, 6.45) is 0. The van der Waals surface area contributed by atoms with E-state index < -0.39 is 22.0 Å². The number of carboxylic acids is 1. The summed E-state index contributed by atoms with van der Waals surface area (Å²) in [5.41, 5.74) is 1.29. The highest BCUT2D eigenvalue weighted by Crippen LogP contribution is 2.32. The molecular formula is C15H23NO5S. The lowest BCUT2D eigenvalue weighted by molar-refractivity contribution is -0.140. The van der Waals surface area contributed by atoms with Gasteiger partial charge in [0.25, 0.3) is 0 Å². The number of sulfonamides is 1. The molecule has 0 amide bonds. The van der Waals surface area contributed by atoms with Crippen molar-refractivity contribution in [2.75, 3.05) is 14.2 Å². The zero-order valence-corrected chi connectivity index (χ0v) is 14.6. The van der Waals surface area contributed by atoms with Crippen LogP contribution in [0.5, 0.6) is 5.75 Å². The number of benzene rings is 1. The molecule has 1 N–H and O–H groups in total. The second kappa shape index (κ2) is 6.66. The standard InChI is InChI=1S/C15H23NO5S/c1-9(2)12-8-14(10(3)7-13(12)21-6)22(19,20)16(5)11(4)15(17)18/h7-9,11H,1-6H3,(H,17,18). The van der Waals surface area contributed by atoms with E-state index in [0.717, 1.165) is 9.87 Å². The van der Waals surface area contributed by atoms with Gasteiger partial charge in [0.1, 0.15) is 11.8 Å². The molecule has 0 spiro atoms. The highest BCUT2D eigenvalue weighted by molar-refractivity contribution is 7.89. The van der Waals surface area contributed by atoms with Gasteiger partial charge < -0.3 is 9.84 Å². The van der Waals surface area contributed by atoms with E-state index in [1.165, 1.54) is 21.1 Å². The van der Waals surface area contributed by atoms with Crippen LogP contribution >= 0.6 is 0 Å². The molecule has 0 bridgehead atoms. The molecule has 6 nitrogen and oxygen atoms in total. The Morgan fingerprint density at radius 1 is 1.27 bits per heavy atom. The molecule has 0 aliphatic carbocycles. The largest absolute Gasteiger partial charge is 0.496 e. The number of carbonyl (C=O) groups is 1. The van der Waals surface area contributed by atoms with E-state index in [2.05, 4.69) is 0 Å². The molecule has 0 aliphatic rings. The van der Waals surface area contributed by atoms with Crippen LogP contribution in [0.25, 0.3) is 0 Å². The average molecular weight is 329 g/mol. The molecule has 0 saturated heterocycles. The molecule has 0 aromatic heterocycles. The van der Waals surface area contributed by atoms with Crippen molar-refractivity contribution in [2.24, 2.45) is 0 Å². The molecule has 1 atom stereocenters. The number of aliphatic carboxylic acids is 1. The van der Waals surface area contributed by atoms with E-state index in [1.54, 1.807) is 19.1 Å². The quantitative estimate of drug-likeness (QED) is 0.865. The van der Waals surface area contributed by atoms with Crippen LogP contribution in [0.2, 0.25) is 0 Å². The third kappa shape index (κ3) is 3.41. The van der Waals surface area contributed by atoms with Crippen LogP contribution in [-0.2, 0) is 14.8 Å². The smallest absolute Gasteiger partial charge is 0.321 e. The van der Waals surface area contributed by atoms with Crippen LogP contribution < -0.4 is 4.74 Å². The maximum Gasteiger partial charge on any atom is 0.321 e. The van der Waals surface area contributed by atoms with Crippen LogP contribution in [0.4, 0.5) is 0 Å². The Labute approximate surface area is 131 Å². The maximum atomic E-state index is 12.7. The van der Waals surface area contributed by atoms with E-state index >= 15 is 0 Å². The fourth-order valence-electron chi connectivity index (χ4n) is 2.10. The molecule has 0 saturated carbocycles. The number of hydrogen-bond acceptors (Lipinski definition) is 4. The highest BCUT2D eigenvalue weighted by atomic mass is 32.2. The molecule has 0 heterocycles. The van der Waals surface area contributed by atoms with Crippen molar-refractivity contribution in [3.8, 4) is 5.75 Å². The topological polar surface area (TPSA) is 83.9 Å². The van der Waals surface area contributed by atoms with Crippen LogP contribution in [0.15, 0.2) is 17.0 Å². The van der Waals surface area contributed by atoms with Gasteiger partial charge in [0.05, 0.1) is 12.0 Å². The molecule has 0 aliphatic heterocycles. The van der Waals surface area contributed by atoms with Crippen molar-refractivity contribution in [2.45, 2.75) is 44.6 Å². The minimum atomic E-state index is -3.90. The Bertz CT molecular complexity index is 667. The Morgan fingerprint density at radius 2 is 1.82 bits per heavy atom. The summed E-state index contributed by atoms with van der Waals surface area (Å²) in [6, 6.07) is 2.09. The Balaban J connectivity index is 3.48. The number of hydrogen-bond donors (Lipinski definition) is 1. The Kier molecular flexibility index (Phi) is 5.59. The second-order valence-corrected chi connectivity index (χ2v) is 7.52. The molecule has 22 heavy (non-hydrogen) atoms. The number of aryl methyl sites for hydroxylation is 1. The van der Waals surface area contributed by atoms with Gasteiger partial charge in [-0.2, -0.15) is 4.31 Å². The summed E-state index contributed by atoms with van der Waals surface area (Å²) >= 11 is 0. The molecule has 1 unspecified atom stereocenters. The van der Waals surface area contributed by atoms with Gasteiger partial charge in [-0.3, -0.25) is 4.79 Å². The van der Waals surface area contributed by atoms with Gasteiger partial charge in [-0.15, -0.1) is 0 Å². The van der Waals surface area contributed by atoms with Crippen molar-refractivity contribution >= 4 is 16.0 Å². The first-order chi connectivity index (χ1) is 10.0. The third-order valence-corrected chi connectivity index (χ3v) is 5.78. The minimum absolute atomic E-state index is 0.0757. The van der Waals surface area contributed by atoms with Crippen LogP contribution in [0.1, 0.15) is 37.8 Å². The first kappa shape index (κ1) is 18.4. The first-order valence-electron chi connectivity index (χ1n) is 6.93. The van der Waals surface area contributed by atoms with Crippen molar-refractivity contribution < 1.29 is 23.1 Å². The number of carboxylic acid groups (broad SMARTS) is 1. The predicted octanol–water partition coefficient (Wildman–Crippen LogP) is 2.22. The second-order valence-electron chi connectivity index (χ2n) is 5.55. The van der Waals surface area contributed by atoms with E-state index in [9.17, 15) is 13.2 Å². The number of ether oxygens (including phenoxy) is 1. The van der Waals surface area contributed by atoms with E-state index in [-0.39, 0.29) is 10.8 Å². The summed E-state index contributed by atoms with van der Waals surface area (Å²) in [6.45, 7) is 6.88. The van der Waals surface area contributed by atoms with Crippen LogP contribution in [0.3, 0.4) is 0 Å². The fraction of sp³-hybridized carbons (Fsp3) is 0.533. The molecular weight excluding hydrogens is 306 g/mol. The zero-order valence-electron chi connectivity index (χ0n) is 13.7. The number of nitrogens with zero attached hydrogens (tertiary/aromatic N) is 1. The van der Waals surface area contributed by atoms with Crippen molar-refractivity contribution in [3.05, 3.63) is 23.3 Å². The molecule has 0 fully saturated rings. The minimum Gasteiger partial charge on any atom is -0.496 e. The van der Waals surface area contributed by atoms with Crippen LogP contribution in [-0.4, -0.2) is 44.0 Å². The molecule has 1 aromatic carbocycles. The van der Waals surface area contributed by atoms with Crippen molar-refractivity contribution in [3.63, 3.8) is 0 Å². The van der Waals surface area contributed by atoms with Crippen molar-refractivity contribution in [1.29, 1.82) is 0 Å². The number of methoxy groups -OCH3 is 1. The van der Waals surface area contributed by atoms with E-state index in [4.69, 9.17) is 9.84 Å². The van der Waals surface area contributed by atoms with Gasteiger partial charge in [-0.1, -0.05) is 13.8 Å². The summed E-state index contributed by atoms with van der Waals surface area (Å²) in [4.78, 5) is 11.2. The molecule has 124 valence electrons. The maximum absolute atomic E-state index is 12.7.